The Hall–Kier alpha value is -2.34. The zero-order chi connectivity index (χ0) is 21.9. The molecule has 12 heteroatoms. The van der Waals surface area contributed by atoms with Crippen molar-refractivity contribution in [2.75, 3.05) is 12.3 Å². The van der Waals surface area contributed by atoms with Crippen molar-refractivity contribution in [1.29, 1.82) is 0 Å². The molecule has 0 aromatic rings. The SMILES string of the molecule is CC(C)CC(N)C(=O)NC(CS)C(=O)NC(CCC(=O)O)C(=O)NCC(=O)O. The average Bonchev–Trinajstić information content (AvgIpc) is 2.59. The van der Waals surface area contributed by atoms with Crippen LogP contribution in [0, 0.1) is 5.92 Å². The lowest BCUT2D eigenvalue weighted by Crippen LogP contribution is -2.56. The molecular formula is C16H28N4O7S. The third-order valence-electron chi connectivity index (χ3n) is 3.57. The second kappa shape index (κ2) is 12.9. The van der Waals surface area contributed by atoms with Gasteiger partial charge in [-0.1, -0.05) is 13.8 Å². The minimum atomic E-state index is -1.30. The van der Waals surface area contributed by atoms with Crippen LogP contribution in [-0.2, 0) is 24.0 Å². The Morgan fingerprint density at radius 2 is 1.50 bits per heavy atom. The van der Waals surface area contributed by atoms with Gasteiger partial charge in [0.1, 0.15) is 18.6 Å². The van der Waals surface area contributed by atoms with Crippen LogP contribution in [0.25, 0.3) is 0 Å². The monoisotopic (exact) mass is 420 g/mol. The van der Waals surface area contributed by atoms with Crippen LogP contribution >= 0.6 is 12.6 Å². The largest absolute Gasteiger partial charge is 0.481 e. The summed E-state index contributed by atoms with van der Waals surface area (Å²) in [6.07, 6.45) is -0.277. The summed E-state index contributed by atoms with van der Waals surface area (Å²) in [6, 6.07) is -3.21. The van der Waals surface area contributed by atoms with Gasteiger partial charge in [-0.3, -0.25) is 24.0 Å². The van der Waals surface area contributed by atoms with Crippen molar-refractivity contribution in [1.82, 2.24) is 16.0 Å². The van der Waals surface area contributed by atoms with Gasteiger partial charge in [0.25, 0.3) is 0 Å². The predicted octanol–water partition coefficient (Wildman–Crippen LogP) is -1.68. The van der Waals surface area contributed by atoms with Crippen molar-refractivity contribution in [2.45, 2.75) is 51.2 Å². The first-order chi connectivity index (χ1) is 13.0. The molecule has 3 amide bonds. The molecule has 0 rings (SSSR count). The van der Waals surface area contributed by atoms with E-state index in [9.17, 15) is 24.0 Å². The van der Waals surface area contributed by atoms with Gasteiger partial charge in [0.15, 0.2) is 0 Å². The summed E-state index contributed by atoms with van der Waals surface area (Å²) >= 11 is 4.01. The number of nitrogens with one attached hydrogen (secondary N) is 3. The van der Waals surface area contributed by atoms with Crippen molar-refractivity contribution < 1.29 is 34.2 Å². The fourth-order valence-electron chi connectivity index (χ4n) is 2.18. The molecule has 0 bridgehead atoms. The first-order valence-corrected chi connectivity index (χ1v) is 9.29. The number of thiol groups is 1. The summed E-state index contributed by atoms with van der Waals surface area (Å²) < 4.78 is 0. The van der Waals surface area contributed by atoms with Gasteiger partial charge in [0, 0.05) is 12.2 Å². The van der Waals surface area contributed by atoms with E-state index in [0.717, 1.165) is 0 Å². The van der Waals surface area contributed by atoms with Crippen LogP contribution in [0.15, 0.2) is 0 Å². The lowest BCUT2D eigenvalue weighted by molar-refractivity contribution is -0.140. The Labute approximate surface area is 168 Å². The number of aliphatic carboxylic acids is 2. The van der Waals surface area contributed by atoms with E-state index in [2.05, 4.69) is 28.6 Å². The molecule has 160 valence electrons. The van der Waals surface area contributed by atoms with Gasteiger partial charge in [0.2, 0.25) is 17.7 Å². The lowest BCUT2D eigenvalue weighted by atomic mass is 10.0. The van der Waals surface area contributed by atoms with E-state index in [4.69, 9.17) is 15.9 Å². The zero-order valence-corrected chi connectivity index (χ0v) is 16.7. The van der Waals surface area contributed by atoms with E-state index in [-0.39, 0.29) is 18.1 Å². The van der Waals surface area contributed by atoms with E-state index in [0.29, 0.717) is 6.42 Å². The Morgan fingerprint density at radius 3 is 1.96 bits per heavy atom. The number of carbonyl (C=O) groups is 5. The van der Waals surface area contributed by atoms with Gasteiger partial charge in [-0.15, -0.1) is 0 Å². The standard InChI is InChI=1S/C16H28N4O7S/c1-8(2)5-9(17)14(25)20-11(7-28)16(27)19-10(3-4-12(21)22)15(26)18-6-13(23)24/h8-11,28H,3-7,17H2,1-2H3,(H,18,26)(H,19,27)(H,20,25)(H,21,22)(H,23,24). The normalized spacial score (nSPS) is 13.9. The number of carboxylic acid groups (broad SMARTS) is 2. The summed E-state index contributed by atoms with van der Waals surface area (Å²) in [5.41, 5.74) is 5.77. The van der Waals surface area contributed by atoms with E-state index < -0.39 is 60.8 Å². The number of amides is 3. The second-order valence-electron chi connectivity index (χ2n) is 6.58. The number of rotatable bonds is 13. The first kappa shape index (κ1) is 25.7. The summed E-state index contributed by atoms with van der Waals surface area (Å²) in [4.78, 5) is 57.9. The van der Waals surface area contributed by atoms with Crippen molar-refractivity contribution in [2.24, 2.45) is 11.7 Å². The van der Waals surface area contributed by atoms with Gasteiger partial charge >= 0.3 is 11.9 Å². The number of hydrogen-bond donors (Lipinski definition) is 7. The van der Waals surface area contributed by atoms with E-state index in [1.807, 2.05) is 13.8 Å². The van der Waals surface area contributed by atoms with Crippen LogP contribution in [0.5, 0.6) is 0 Å². The van der Waals surface area contributed by atoms with Crippen molar-refractivity contribution >= 4 is 42.3 Å². The van der Waals surface area contributed by atoms with Crippen molar-refractivity contribution in [3.63, 3.8) is 0 Å². The fraction of sp³-hybridized carbons (Fsp3) is 0.688. The molecule has 0 saturated carbocycles. The Bertz CT molecular complexity index is 585. The number of carboxylic acids is 2. The lowest BCUT2D eigenvalue weighted by Gasteiger charge is -2.23. The number of hydrogen-bond acceptors (Lipinski definition) is 7. The Balaban J connectivity index is 5.01. The first-order valence-electron chi connectivity index (χ1n) is 8.66. The number of nitrogens with two attached hydrogens (primary N) is 1. The number of carbonyl (C=O) groups excluding carboxylic acids is 3. The predicted molar refractivity (Wildman–Crippen MR) is 103 cm³/mol. The maximum absolute atomic E-state index is 12.4. The molecule has 0 heterocycles. The molecule has 0 aromatic carbocycles. The quantitative estimate of drug-likeness (QED) is 0.172. The fourth-order valence-corrected chi connectivity index (χ4v) is 2.44. The molecule has 3 unspecified atom stereocenters. The highest BCUT2D eigenvalue weighted by Crippen LogP contribution is 2.04. The molecule has 0 fully saturated rings. The van der Waals surface area contributed by atoms with Gasteiger partial charge in [-0.2, -0.15) is 12.6 Å². The van der Waals surface area contributed by atoms with Crippen LogP contribution < -0.4 is 21.7 Å². The second-order valence-corrected chi connectivity index (χ2v) is 6.95. The molecule has 28 heavy (non-hydrogen) atoms. The molecule has 0 aliphatic carbocycles. The molecule has 0 aliphatic heterocycles. The van der Waals surface area contributed by atoms with Crippen LogP contribution in [-0.4, -0.2) is 70.3 Å². The third kappa shape index (κ3) is 10.7. The maximum Gasteiger partial charge on any atom is 0.322 e. The molecule has 0 aromatic heterocycles. The topological polar surface area (TPSA) is 188 Å². The third-order valence-corrected chi connectivity index (χ3v) is 3.94. The smallest absolute Gasteiger partial charge is 0.322 e. The van der Waals surface area contributed by atoms with Gasteiger partial charge < -0.3 is 31.9 Å². The van der Waals surface area contributed by atoms with Crippen LogP contribution in [0.3, 0.4) is 0 Å². The average molecular weight is 420 g/mol. The van der Waals surface area contributed by atoms with E-state index in [1.54, 1.807) is 0 Å². The maximum atomic E-state index is 12.4. The minimum Gasteiger partial charge on any atom is -0.481 e. The van der Waals surface area contributed by atoms with E-state index >= 15 is 0 Å². The molecule has 0 saturated heterocycles. The van der Waals surface area contributed by atoms with Gasteiger partial charge in [-0.05, 0) is 18.8 Å². The van der Waals surface area contributed by atoms with Gasteiger partial charge in [0.05, 0.1) is 6.04 Å². The molecule has 0 aliphatic rings. The van der Waals surface area contributed by atoms with Gasteiger partial charge in [-0.25, -0.2) is 0 Å². The summed E-state index contributed by atoms with van der Waals surface area (Å²) in [7, 11) is 0. The molecule has 0 radical (unpaired) electrons. The zero-order valence-electron chi connectivity index (χ0n) is 15.8. The molecule has 3 atom stereocenters. The highest BCUT2D eigenvalue weighted by Gasteiger charge is 2.28. The highest BCUT2D eigenvalue weighted by atomic mass is 32.1. The summed E-state index contributed by atoms with van der Waals surface area (Å²) in [5.74, 6) is -4.57. The minimum absolute atomic E-state index is 0.0889. The van der Waals surface area contributed by atoms with Crippen molar-refractivity contribution in [3.8, 4) is 0 Å². The Kier molecular flexibility index (Phi) is 11.9. The van der Waals surface area contributed by atoms with Crippen LogP contribution in [0.1, 0.15) is 33.1 Å². The summed E-state index contributed by atoms with van der Waals surface area (Å²) in [5, 5.41) is 24.2. The molecular weight excluding hydrogens is 392 g/mol. The molecule has 11 nitrogen and oxygen atoms in total. The Morgan fingerprint density at radius 1 is 0.929 bits per heavy atom. The van der Waals surface area contributed by atoms with Crippen LogP contribution in [0.4, 0.5) is 0 Å². The summed E-state index contributed by atoms with van der Waals surface area (Å²) in [6.45, 7) is 3.09. The van der Waals surface area contributed by atoms with E-state index in [1.165, 1.54) is 0 Å². The molecule has 0 spiro atoms. The highest BCUT2D eigenvalue weighted by molar-refractivity contribution is 7.80. The van der Waals surface area contributed by atoms with Crippen molar-refractivity contribution in [3.05, 3.63) is 0 Å². The molecule has 7 N–H and O–H groups in total. The van der Waals surface area contributed by atoms with Crippen LogP contribution in [0.2, 0.25) is 0 Å².